The second kappa shape index (κ2) is 8.78. The maximum absolute atomic E-state index is 12.8. The largest absolute Gasteiger partial charge is 0.378 e. The van der Waals surface area contributed by atoms with Gasteiger partial charge in [-0.15, -0.1) is 10.2 Å². The number of hydrogen-bond donors (Lipinski definition) is 1. The lowest BCUT2D eigenvalue weighted by atomic mass is 10.0. The van der Waals surface area contributed by atoms with Crippen LogP contribution >= 0.6 is 0 Å². The van der Waals surface area contributed by atoms with Gasteiger partial charge in [0.1, 0.15) is 0 Å². The van der Waals surface area contributed by atoms with E-state index < -0.39 is 0 Å². The number of anilines is 3. The molecular weight excluding hydrogens is 448 g/mol. The maximum Gasteiger partial charge on any atom is 0.171 e. The molecule has 1 aliphatic rings. The predicted molar refractivity (Wildman–Crippen MR) is 142 cm³/mol. The predicted octanol–water partition coefficient (Wildman–Crippen LogP) is 5.54. The summed E-state index contributed by atoms with van der Waals surface area (Å²) in [6.45, 7) is 0. The van der Waals surface area contributed by atoms with Crippen molar-refractivity contribution in [3.8, 4) is 28.5 Å². The molecule has 0 aliphatic carbocycles. The van der Waals surface area contributed by atoms with Crippen LogP contribution in [0.3, 0.4) is 0 Å². The Bertz CT molecular complexity index is 1570. The van der Waals surface area contributed by atoms with Crippen molar-refractivity contribution >= 4 is 23.0 Å². The van der Waals surface area contributed by atoms with Crippen molar-refractivity contribution in [1.82, 2.24) is 19.7 Å². The Balaban J connectivity index is 1.33. The van der Waals surface area contributed by atoms with Crippen LogP contribution in [0.5, 0.6) is 0 Å². The van der Waals surface area contributed by atoms with Crippen molar-refractivity contribution in [2.45, 2.75) is 6.42 Å². The fraction of sp³-hybridized carbons (Fsp3) is 0.103. The average Bonchev–Trinajstić information content (AvgIpc) is 3.29. The van der Waals surface area contributed by atoms with Crippen LogP contribution in [0.25, 0.3) is 28.5 Å². The van der Waals surface area contributed by atoms with Crippen molar-refractivity contribution in [2.75, 3.05) is 24.3 Å². The molecule has 0 unspecified atom stereocenters. The molecule has 36 heavy (non-hydrogen) atoms. The third kappa shape index (κ3) is 3.80. The van der Waals surface area contributed by atoms with Gasteiger partial charge in [0.15, 0.2) is 23.2 Å². The molecular formula is C29H24N6O. The molecule has 3 aromatic carbocycles. The van der Waals surface area contributed by atoms with E-state index in [0.717, 1.165) is 51.2 Å². The van der Waals surface area contributed by atoms with Gasteiger partial charge in [0.25, 0.3) is 0 Å². The third-order valence-electron chi connectivity index (χ3n) is 6.39. The van der Waals surface area contributed by atoms with Crippen molar-refractivity contribution in [1.29, 1.82) is 0 Å². The van der Waals surface area contributed by atoms with Crippen molar-refractivity contribution in [3.05, 3.63) is 102 Å². The number of nitrogens with one attached hydrogen (secondary N) is 1. The number of ketones is 1. The highest BCUT2D eigenvalue weighted by Crippen LogP contribution is 2.38. The SMILES string of the molecule is CN(C)c1ccc(C(=O)Cc2ccc(-c3nnc4n3-c3cccnc3Nc3ccccc3-4)cc2)cc1. The third-order valence-corrected chi connectivity index (χ3v) is 6.39. The highest BCUT2D eigenvalue weighted by molar-refractivity contribution is 5.97. The van der Waals surface area contributed by atoms with Gasteiger partial charge in [-0.2, -0.15) is 0 Å². The molecule has 0 amide bonds. The molecule has 0 bridgehead atoms. The Kier molecular flexibility index (Phi) is 5.30. The van der Waals surface area contributed by atoms with Gasteiger partial charge in [-0.05, 0) is 54.1 Å². The minimum absolute atomic E-state index is 0.0899. The van der Waals surface area contributed by atoms with Gasteiger partial charge in [0.2, 0.25) is 0 Å². The number of Topliss-reactive ketones (excluding diaryl/α,β-unsaturated/α-hetero) is 1. The van der Waals surface area contributed by atoms with Crippen LogP contribution in [0.1, 0.15) is 15.9 Å². The number of carbonyl (C=O) groups excluding carboxylic acids is 1. The Morgan fingerprint density at radius 3 is 2.39 bits per heavy atom. The summed E-state index contributed by atoms with van der Waals surface area (Å²) in [4.78, 5) is 19.4. The average molecular weight is 473 g/mol. The van der Waals surface area contributed by atoms with Gasteiger partial charge in [0, 0.05) is 49.1 Å². The Morgan fingerprint density at radius 1 is 0.861 bits per heavy atom. The molecule has 2 aromatic heterocycles. The maximum atomic E-state index is 12.8. The minimum Gasteiger partial charge on any atom is -0.378 e. The molecule has 7 heteroatoms. The van der Waals surface area contributed by atoms with Gasteiger partial charge < -0.3 is 10.2 Å². The van der Waals surface area contributed by atoms with Crippen molar-refractivity contribution in [2.24, 2.45) is 0 Å². The van der Waals surface area contributed by atoms with Crippen LogP contribution in [0.15, 0.2) is 91.1 Å². The van der Waals surface area contributed by atoms with Crippen LogP contribution in [-0.2, 0) is 6.42 Å². The van der Waals surface area contributed by atoms with E-state index in [9.17, 15) is 4.79 Å². The summed E-state index contributed by atoms with van der Waals surface area (Å²) in [5.41, 5.74) is 6.41. The van der Waals surface area contributed by atoms with Gasteiger partial charge in [-0.1, -0.05) is 36.4 Å². The molecule has 0 radical (unpaired) electrons. The first kappa shape index (κ1) is 21.7. The standard InChI is InChI=1S/C29H24N6O/c1-34(2)22-15-13-20(14-16-22)26(36)18-19-9-11-21(12-10-19)28-32-33-29-23-6-3-4-7-24(23)31-27-25(35(28)29)8-5-17-30-27/h3-17H,18H2,1-2H3,(H,30,31). The summed E-state index contributed by atoms with van der Waals surface area (Å²) in [5, 5.41) is 12.5. The highest BCUT2D eigenvalue weighted by Gasteiger charge is 2.24. The van der Waals surface area contributed by atoms with Crippen LogP contribution < -0.4 is 10.2 Å². The molecule has 0 fully saturated rings. The molecule has 0 spiro atoms. The van der Waals surface area contributed by atoms with Crippen molar-refractivity contribution < 1.29 is 4.79 Å². The zero-order valence-corrected chi connectivity index (χ0v) is 20.0. The summed E-state index contributed by atoms with van der Waals surface area (Å²) in [7, 11) is 3.97. The van der Waals surface area contributed by atoms with E-state index in [-0.39, 0.29) is 5.78 Å². The number of nitrogens with zero attached hydrogens (tertiary/aromatic N) is 5. The minimum atomic E-state index is 0.0899. The smallest absolute Gasteiger partial charge is 0.171 e. The molecule has 0 atom stereocenters. The number of fused-ring (bicyclic) bond motifs is 5. The molecule has 6 rings (SSSR count). The Labute approximate surface area is 209 Å². The van der Waals surface area contributed by atoms with Gasteiger partial charge in [-0.3, -0.25) is 9.36 Å². The van der Waals surface area contributed by atoms with Gasteiger partial charge >= 0.3 is 0 Å². The van der Waals surface area contributed by atoms with E-state index >= 15 is 0 Å². The number of hydrogen-bond acceptors (Lipinski definition) is 6. The number of benzene rings is 3. The summed E-state index contributed by atoms with van der Waals surface area (Å²) >= 11 is 0. The number of rotatable bonds is 5. The van der Waals surface area contributed by atoms with E-state index in [1.54, 1.807) is 6.20 Å². The molecule has 1 aliphatic heterocycles. The quantitative estimate of drug-likeness (QED) is 0.332. The fourth-order valence-electron chi connectivity index (χ4n) is 4.47. The monoisotopic (exact) mass is 472 g/mol. The Hall–Kier alpha value is -4.78. The molecule has 0 saturated heterocycles. The van der Waals surface area contributed by atoms with Crippen LogP contribution in [0.4, 0.5) is 17.2 Å². The summed E-state index contributed by atoms with van der Waals surface area (Å²) in [6.07, 6.45) is 2.10. The van der Waals surface area contributed by atoms with Crippen molar-refractivity contribution in [3.63, 3.8) is 0 Å². The first-order chi connectivity index (χ1) is 17.6. The van der Waals surface area contributed by atoms with Crippen LogP contribution in [0.2, 0.25) is 0 Å². The van der Waals surface area contributed by atoms with Gasteiger partial charge in [0.05, 0.1) is 11.4 Å². The lowest BCUT2D eigenvalue weighted by Crippen LogP contribution is -2.09. The molecule has 5 aromatic rings. The second-order valence-corrected chi connectivity index (χ2v) is 8.96. The number of pyridine rings is 1. The highest BCUT2D eigenvalue weighted by atomic mass is 16.1. The molecule has 176 valence electrons. The molecule has 7 nitrogen and oxygen atoms in total. The number of aromatic nitrogens is 4. The topological polar surface area (TPSA) is 75.9 Å². The van der Waals surface area contributed by atoms with E-state index in [1.165, 1.54) is 0 Å². The van der Waals surface area contributed by atoms with E-state index in [4.69, 9.17) is 0 Å². The zero-order chi connectivity index (χ0) is 24.6. The fourth-order valence-corrected chi connectivity index (χ4v) is 4.47. The first-order valence-electron chi connectivity index (χ1n) is 11.8. The summed E-state index contributed by atoms with van der Waals surface area (Å²) in [6, 6.07) is 27.6. The van der Waals surface area contributed by atoms with Crippen LogP contribution in [-0.4, -0.2) is 39.6 Å². The molecule has 3 heterocycles. The zero-order valence-electron chi connectivity index (χ0n) is 20.0. The second-order valence-electron chi connectivity index (χ2n) is 8.96. The van der Waals surface area contributed by atoms with Crippen LogP contribution in [0, 0.1) is 0 Å². The molecule has 0 saturated carbocycles. The van der Waals surface area contributed by atoms with E-state index in [1.807, 2.05) is 108 Å². The first-order valence-corrected chi connectivity index (χ1v) is 11.8. The van der Waals surface area contributed by atoms with E-state index in [2.05, 4.69) is 20.5 Å². The Morgan fingerprint density at radius 2 is 1.61 bits per heavy atom. The number of carbonyl (C=O) groups is 1. The lowest BCUT2D eigenvalue weighted by molar-refractivity contribution is 0.0993. The summed E-state index contributed by atoms with van der Waals surface area (Å²) < 4.78 is 2.04. The normalized spacial score (nSPS) is 11.5. The van der Waals surface area contributed by atoms with Gasteiger partial charge in [-0.25, -0.2) is 4.98 Å². The molecule has 1 N–H and O–H groups in total. The number of para-hydroxylation sites is 1. The van der Waals surface area contributed by atoms with E-state index in [0.29, 0.717) is 12.0 Å². The lowest BCUT2D eigenvalue weighted by Gasteiger charge is -2.12. The summed E-state index contributed by atoms with van der Waals surface area (Å²) in [5.74, 6) is 2.30.